The highest BCUT2D eigenvalue weighted by molar-refractivity contribution is 6.33. The van der Waals surface area contributed by atoms with Crippen LogP contribution in [0.5, 0.6) is 0 Å². The fraction of sp³-hybridized carbons (Fsp3) is 0.286. The molecule has 2 aromatic rings. The molecular weight excluding hydrogens is 334 g/mol. The molecule has 2 aliphatic rings. The predicted octanol–water partition coefficient (Wildman–Crippen LogP) is 5.26. The van der Waals surface area contributed by atoms with Crippen molar-refractivity contribution in [3.63, 3.8) is 0 Å². The Morgan fingerprint density at radius 1 is 1.20 bits per heavy atom. The zero-order valence-corrected chi connectivity index (χ0v) is 15.0. The van der Waals surface area contributed by atoms with Crippen LogP contribution in [0.4, 0.5) is 5.69 Å². The number of halogens is 1. The van der Waals surface area contributed by atoms with Gasteiger partial charge in [0.1, 0.15) is 0 Å². The van der Waals surface area contributed by atoms with E-state index in [2.05, 4.69) is 48.7 Å². The number of benzene rings is 2. The van der Waals surface area contributed by atoms with Crippen LogP contribution >= 0.6 is 11.6 Å². The Bertz CT molecular complexity index is 857. The van der Waals surface area contributed by atoms with E-state index in [0.29, 0.717) is 16.5 Å². The highest BCUT2D eigenvalue weighted by Crippen LogP contribution is 2.52. The van der Waals surface area contributed by atoms with Gasteiger partial charge in [0.15, 0.2) is 0 Å². The molecule has 1 heterocycles. The van der Waals surface area contributed by atoms with Crippen molar-refractivity contribution in [2.75, 3.05) is 12.4 Å². The minimum absolute atomic E-state index is 0.162. The number of hydrogen-bond donors (Lipinski definition) is 1. The first-order valence-electron chi connectivity index (χ1n) is 8.50. The summed E-state index contributed by atoms with van der Waals surface area (Å²) in [5.41, 5.74) is 4.89. The Labute approximate surface area is 152 Å². The summed E-state index contributed by atoms with van der Waals surface area (Å²) in [6.07, 6.45) is 5.38. The second-order valence-electron chi connectivity index (χ2n) is 6.76. The highest BCUT2D eigenvalue weighted by atomic mass is 35.5. The van der Waals surface area contributed by atoms with Crippen LogP contribution in [-0.4, -0.2) is 13.1 Å². The normalized spacial score (nSPS) is 23.6. The number of hydrogen-bond acceptors (Lipinski definition) is 3. The Kier molecular flexibility index (Phi) is 4.04. The minimum atomic E-state index is -0.317. The molecule has 128 valence electrons. The van der Waals surface area contributed by atoms with Crippen LogP contribution in [0.3, 0.4) is 0 Å². The first-order valence-corrected chi connectivity index (χ1v) is 8.88. The topological polar surface area (TPSA) is 38.3 Å². The maximum atomic E-state index is 12.3. The first-order chi connectivity index (χ1) is 12.1. The molecule has 0 amide bonds. The van der Waals surface area contributed by atoms with Crippen molar-refractivity contribution < 1.29 is 9.53 Å². The number of rotatable bonds is 2. The smallest absolute Gasteiger partial charge is 0.338 e. The largest absolute Gasteiger partial charge is 0.465 e. The molecule has 4 heteroatoms. The molecule has 1 aliphatic heterocycles. The Hall–Kier alpha value is -2.26. The van der Waals surface area contributed by atoms with Gasteiger partial charge in [0, 0.05) is 5.92 Å². The molecule has 0 spiro atoms. The number of methoxy groups -OCH3 is 1. The number of fused-ring (bicyclic) bond motifs is 3. The molecule has 0 radical (unpaired) electrons. The van der Waals surface area contributed by atoms with Gasteiger partial charge in [-0.25, -0.2) is 4.79 Å². The third-order valence-electron chi connectivity index (χ3n) is 5.31. The van der Waals surface area contributed by atoms with Gasteiger partial charge >= 0.3 is 5.97 Å². The van der Waals surface area contributed by atoms with Gasteiger partial charge in [-0.15, -0.1) is 0 Å². The second-order valence-corrected chi connectivity index (χ2v) is 7.17. The van der Waals surface area contributed by atoms with Crippen molar-refractivity contribution in [2.45, 2.75) is 25.3 Å². The summed E-state index contributed by atoms with van der Waals surface area (Å²) in [5.74, 6) is 0.204. The van der Waals surface area contributed by atoms with Crippen molar-refractivity contribution in [3.8, 4) is 0 Å². The van der Waals surface area contributed by atoms with Gasteiger partial charge in [0.25, 0.3) is 0 Å². The molecule has 1 N–H and O–H groups in total. The van der Waals surface area contributed by atoms with E-state index in [1.807, 2.05) is 0 Å². The van der Waals surface area contributed by atoms with Gasteiger partial charge in [0.2, 0.25) is 0 Å². The van der Waals surface area contributed by atoms with Gasteiger partial charge in [-0.1, -0.05) is 53.6 Å². The van der Waals surface area contributed by atoms with E-state index in [9.17, 15) is 4.79 Å². The van der Waals surface area contributed by atoms with E-state index in [-0.39, 0.29) is 17.9 Å². The van der Waals surface area contributed by atoms with E-state index in [0.717, 1.165) is 17.7 Å². The van der Waals surface area contributed by atoms with Crippen LogP contribution in [0.15, 0.2) is 48.6 Å². The molecule has 0 bridgehead atoms. The van der Waals surface area contributed by atoms with Crippen LogP contribution in [0.2, 0.25) is 5.02 Å². The number of allylic oxidation sites excluding steroid dienone is 2. The van der Waals surface area contributed by atoms with Gasteiger partial charge < -0.3 is 10.1 Å². The van der Waals surface area contributed by atoms with Crippen LogP contribution < -0.4 is 5.32 Å². The summed E-state index contributed by atoms with van der Waals surface area (Å²) in [6, 6.07) is 12.3. The number of aryl methyl sites for hydroxylation is 1. The standard InChI is InChI=1S/C21H20ClNO2/c1-12-6-8-13(9-7-12)19-15-5-3-4-14(15)18-16(21(24)25-2)10-11-17(22)20(18)23-19/h3-4,6-11,14-15,19,23H,5H2,1-2H3/t14-,15+,19+/m1/s1. The maximum Gasteiger partial charge on any atom is 0.338 e. The lowest BCUT2D eigenvalue weighted by atomic mass is 9.75. The minimum Gasteiger partial charge on any atom is -0.465 e. The zero-order chi connectivity index (χ0) is 17.6. The average Bonchev–Trinajstić information content (AvgIpc) is 3.11. The van der Waals surface area contributed by atoms with E-state index >= 15 is 0 Å². The lowest BCUT2D eigenvalue weighted by Crippen LogP contribution is -2.30. The molecule has 3 atom stereocenters. The monoisotopic (exact) mass is 353 g/mol. The highest BCUT2D eigenvalue weighted by Gasteiger charge is 2.40. The van der Waals surface area contributed by atoms with Crippen molar-refractivity contribution in [3.05, 3.63) is 75.8 Å². The predicted molar refractivity (Wildman–Crippen MR) is 100 cm³/mol. The Morgan fingerprint density at radius 3 is 2.68 bits per heavy atom. The first kappa shape index (κ1) is 16.2. The molecule has 0 saturated carbocycles. The number of carbonyl (C=O) groups is 1. The van der Waals surface area contributed by atoms with Crippen molar-refractivity contribution in [1.82, 2.24) is 0 Å². The number of nitrogens with one attached hydrogen (secondary N) is 1. The molecule has 2 aromatic carbocycles. The van der Waals surface area contributed by atoms with Gasteiger partial charge in [-0.2, -0.15) is 0 Å². The molecule has 0 saturated heterocycles. The van der Waals surface area contributed by atoms with Crippen molar-refractivity contribution >= 4 is 23.3 Å². The Balaban J connectivity index is 1.85. The molecular formula is C21H20ClNO2. The van der Waals surface area contributed by atoms with E-state index in [1.165, 1.54) is 18.2 Å². The lowest BCUT2D eigenvalue weighted by Gasteiger charge is -2.38. The molecule has 0 fully saturated rings. The van der Waals surface area contributed by atoms with Crippen molar-refractivity contribution in [1.29, 1.82) is 0 Å². The van der Waals surface area contributed by atoms with E-state index < -0.39 is 0 Å². The second kappa shape index (κ2) is 6.23. The van der Waals surface area contributed by atoms with Crippen LogP contribution in [-0.2, 0) is 4.74 Å². The summed E-state index contributed by atoms with van der Waals surface area (Å²) in [4.78, 5) is 12.3. The molecule has 1 aliphatic carbocycles. The molecule has 4 rings (SSSR count). The van der Waals surface area contributed by atoms with E-state index in [1.54, 1.807) is 12.1 Å². The number of carbonyl (C=O) groups excluding carboxylic acids is 1. The van der Waals surface area contributed by atoms with Gasteiger partial charge in [-0.3, -0.25) is 0 Å². The number of ether oxygens (including phenoxy) is 1. The Morgan fingerprint density at radius 2 is 1.96 bits per heavy atom. The third-order valence-corrected chi connectivity index (χ3v) is 5.63. The van der Waals surface area contributed by atoms with Crippen LogP contribution in [0.1, 0.15) is 45.4 Å². The fourth-order valence-corrected chi connectivity index (χ4v) is 4.29. The van der Waals surface area contributed by atoms with Crippen molar-refractivity contribution in [2.24, 2.45) is 5.92 Å². The summed E-state index contributed by atoms with van der Waals surface area (Å²) >= 11 is 6.49. The summed E-state index contributed by atoms with van der Waals surface area (Å²) in [5, 5.41) is 4.25. The molecule has 0 aromatic heterocycles. The third kappa shape index (κ3) is 2.63. The summed E-state index contributed by atoms with van der Waals surface area (Å²) < 4.78 is 4.98. The van der Waals surface area contributed by atoms with Gasteiger partial charge in [0.05, 0.1) is 29.4 Å². The van der Waals surface area contributed by atoms with Crippen LogP contribution in [0.25, 0.3) is 0 Å². The molecule has 0 unspecified atom stereocenters. The lowest BCUT2D eigenvalue weighted by molar-refractivity contribution is 0.0598. The van der Waals surface area contributed by atoms with E-state index in [4.69, 9.17) is 16.3 Å². The SMILES string of the molecule is COC(=O)c1ccc(Cl)c2c1[C@@H]1C=CC[C@@H]1[C@H](c1ccc(C)cc1)N2. The molecule has 3 nitrogen and oxygen atoms in total. The van der Waals surface area contributed by atoms with Gasteiger partial charge in [-0.05, 0) is 42.5 Å². The average molecular weight is 354 g/mol. The zero-order valence-electron chi connectivity index (χ0n) is 14.3. The molecule has 25 heavy (non-hydrogen) atoms. The fourth-order valence-electron chi connectivity index (χ4n) is 4.07. The number of anilines is 1. The number of esters is 1. The summed E-state index contributed by atoms with van der Waals surface area (Å²) in [6.45, 7) is 2.09. The summed E-state index contributed by atoms with van der Waals surface area (Å²) in [7, 11) is 1.41. The maximum absolute atomic E-state index is 12.3. The van der Waals surface area contributed by atoms with Crippen LogP contribution in [0, 0.1) is 12.8 Å². The quantitative estimate of drug-likeness (QED) is 0.591.